The minimum absolute atomic E-state index is 0.491. The fraction of sp³-hybridized carbons (Fsp3) is 0.625. The third kappa shape index (κ3) is 2.73. The number of hydrogen-bond donors (Lipinski definition) is 0. The number of halogens is 2. The Morgan fingerprint density at radius 1 is 1.11 bits per heavy atom. The fourth-order valence-electron chi connectivity index (χ4n) is 3.77. The average molecular weight is 298 g/mol. The normalized spacial score (nSPS) is 27.2. The number of alkyl halides is 1. The number of benzene rings is 1. The zero-order valence-electron chi connectivity index (χ0n) is 11.2. The maximum absolute atomic E-state index is 6.31. The van der Waals surface area contributed by atoms with Gasteiger partial charge in [-0.05, 0) is 49.3 Å². The van der Waals surface area contributed by atoms with Gasteiger partial charge in [0, 0.05) is 29.2 Å². The van der Waals surface area contributed by atoms with Crippen LogP contribution in [-0.2, 0) is 5.88 Å². The van der Waals surface area contributed by atoms with Gasteiger partial charge in [-0.3, -0.25) is 0 Å². The highest BCUT2D eigenvalue weighted by molar-refractivity contribution is 6.32. The maximum atomic E-state index is 6.31. The highest BCUT2D eigenvalue weighted by Crippen LogP contribution is 2.38. The van der Waals surface area contributed by atoms with Crippen LogP contribution in [0.1, 0.15) is 44.1 Å². The van der Waals surface area contributed by atoms with Crippen LogP contribution in [-0.4, -0.2) is 12.6 Å². The Hall–Kier alpha value is -0.400. The summed E-state index contributed by atoms with van der Waals surface area (Å²) in [6.45, 7) is 1.18. The second-order valence-electron chi connectivity index (χ2n) is 5.86. The maximum Gasteiger partial charge on any atom is 0.0488 e. The van der Waals surface area contributed by atoms with E-state index in [1.165, 1.54) is 50.8 Å². The highest BCUT2D eigenvalue weighted by atomic mass is 35.5. The summed E-state index contributed by atoms with van der Waals surface area (Å²) in [5.41, 5.74) is 2.32. The van der Waals surface area contributed by atoms with Crippen LogP contribution in [0, 0.1) is 5.92 Å². The molecule has 1 aromatic carbocycles. The van der Waals surface area contributed by atoms with Gasteiger partial charge in [0.25, 0.3) is 0 Å². The molecule has 1 saturated carbocycles. The minimum Gasteiger partial charge on any atom is -0.368 e. The second kappa shape index (κ2) is 5.93. The molecule has 0 N–H and O–H groups in total. The molecule has 0 amide bonds. The van der Waals surface area contributed by atoms with Gasteiger partial charge >= 0.3 is 0 Å². The van der Waals surface area contributed by atoms with E-state index < -0.39 is 0 Å². The molecule has 0 unspecified atom stereocenters. The molecule has 1 heterocycles. The van der Waals surface area contributed by atoms with Crippen molar-refractivity contribution in [2.45, 2.75) is 50.4 Å². The van der Waals surface area contributed by atoms with Gasteiger partial charge in [0.1, 0.15) is 0 Å². The molecule has 2 atom stereocenters. The Balaban J connectivity index is 1.85. The summed E-state index contributed by atoms with van der Waals surface area (Å²) in [5, 5.41) is 0.811. The summed E-state index contributed by atoms with van der Waals surface area (Å²) in [4.78, 5) is 2.59. The third-order valence-electron chi connectivity index (χ3n) is 4.76. The predicted molar refractivity (Wildman–Crippen MR) is 83.3 cm³/mol. The SMILES string of the molecule is ClCc1ccc(N2CCC[C@H]3CCCC[C@H]32)cc1Cl. The molecule has 2 fully saturated rings. The molecular formula is C16H21Cl2N. The van der Waals surface area contributed by atoms with Gasteiger partial charge in [0.2, 0.25) is 0 Å². The lowest BCUT2D eigenvalue weighted by Gasteiger charge is -2.45. The molecule has 0 spiro atoms. The Bertz CT molecular complexity index is 444. The molecule has 0 aromatic heterocycles. The van der Waals surface area contributed by atoms with Crippen molar-refractivity contribution in [1.29, 1.82) is 0 Å². The van der Waals surface area contributed by atoms with E-state index >= 15 is 0 Å². The van der Waals surface area contributed by atoms with Crippen molar-refractivity contribution in [2.24, 2.45) is 5.92 Å². The van der Waals surface area contributed by atoms with E-state index in [1.54, 1.807) is 0 Å². The summed E-state index contributed by atoms with van der Waals surface area (Å²) < 4.78 is 0. The predicted octanol–water partition coefficient (Wildman–Crippen LogP) is 5.24. The summed E-state index contributed by atoms with van der Waals surface area (Å²) in [6.07, 6.45) is 8.28. The van der Waals surface area contributed by atoms with E-state index in [9.17, 15) is 0 Å². The van der Waals surface area contributed by atoms with Gasteiger partial charge in [-0.1, -0.05) is 30.5 Å². The second-order valence-corrected chi connectivity index (χ2v) is 6.53. The van der Waals surface area contributed by atoms with Gasteiger partial charge in [0.15, 0.2) is 0 Å². The molecule has 1 saturated heterocycles. The lowest BCUT2D eigenvalue weighted by atomic mass is 9.78. The summed E-state index contributed by atoms with van der Waals surface area (Å²) in [5.74, 6) is 1.39. The van der Waals surface area contributed by atoms with Crippen LogP contribution < -0.4 is 4.90 Å². The first-order valence-corrected chi connectivity index (χ1v) is 8.32. The van der Waals surface area contributed by atoms with E-state index in [0.29, 0.717) is 5.88 Å². The van der Waals surface area contributed by atoms with Crippen LogP contribution in [0.25, 0.3) is 0 Å². The Kier molecular flexibility index (Phi) is 4.24. The van der Waals surface area contributed by atoms with E-state index in [2.05, 4.69) is 23.1 Å². The zero-order valence-corrected chi connectivity index (χ0v) is 12.8. The standard InChI is InChI=1S/C16H21Cl2N/c17-11-13-7-8-14(10-15(13)18)19-9-3-5-12-4-1-2-6-16(12)19/h7-8,10,12,16H,1-6,9,11H2/t12-,16-/m1/s1. The number of rotatable bonds is 2. The number of nitrogens with zero attached hydrogens (tertiary/aromatic N) is 1. The van der Waals surface area contributed by atoms with E-state index in [1.807, 2.05) is 0 Å². The van der Waals surface area contributed by atoms with Gasteiger partial charge < -0.3 is 4.90 Å². The van der Waals surface area contributed by atoms with Crippen LogP contribution in [0.2, 0.25) is 5.02 Å². The third-order valence-corrected chi connectivity index (χ3v) is 5.40. The van der Waals surface area contributed by atoms with E-state index in [-0.39, 0.29) is 0 Å². The van der Waals surface area contributed by atoms with Gasteiger partial charge in [0.05, 0.1) is 0 Å². The summed E-state index contributed by atoms with van der Waals surface area (Å²) in [7, 11) is 0. The molecule has 19 heavy (non-hydrogen) atoms. The molecule has 0 radical (unpaired) electrons. The van der Waals surface area contributed by atoms with Crippen LogP contribution in [0.4, 0.5) is 5.69 Å². The van der Waals surface area contributed by atoms with Crippen molar-refractivity contribution >= 4 is 28.9 Å². The van der Waals surface area contributed by atoms with Gasteiger partial charge in [-0.15, -0.1) is 11.6 Å². The lowest BCUT2D eigenvalue weighted by molar-refractivity contribution is 0.244. The molecule has 0 bridgehead atoms. The minimum atomic E-state index is 0.491. The lowest BCUT2D eigenvalue weighted by Crippen LogP contribution is -2.46. The molecule has 3 heteroatoms. The van der Waals surface area contributed by atoms with Crippen molar-refractivity contribution in [3.05, 3.63) is 28.8 Å². The highest BCUT2D eigenvalue weighted by Gasteiger charge is 2.33. The molecule has 104 valence electrons. The van der Waals surface area contributed by atoms with Crippen molar-refractivity contribution in [3.8, 4) is 0 Å². The first kappa shape index (κ1) is 13.6. The molecule has 1 aromatic rings. The summed E-state index contributed by atoms with van der Waals surface area (Å²) >= 11 is 12.2. The zero-order chi connectivity index (χ0) is 13.2. The Labute approximate surface area is 125 Å². The van der Waals surface area contributed by atoms with Crippen LogP contribution in [0.5, 0.6) is 0 Å². The van der Waals surface area contributed by atoms with Gasteiger partial charge in [-0.25, -0.2) is 0 Å². The number of anilines is 1. The molecule has 2 aliphatic rings. The van der Waals surface area contributed by atoms with Crippen molar-refractivity contribution < 1.29 is 0 Å². The van der Waals surface area contributed by atoms with Crippen LogP contribution >= 0.6 is 23.2 Å². The molecule has 1 aliphatic carbocycles. The molecular weight excluding hydrogens is 277 g/mol. The Morgan fingerprint density at radius 3 is 2.68 bits per heavy atom. The smallest absolute Gasteiger partial charge is 0.0488 e. The monoisotopic (exact) mass is 297 g/mol. The van der Waals surface area contributed by atoms with E-state index in [4.69, 9.17) is 23.2 Å². The Morgan fingerprint density at radius 2 is 1.89 bits per heavy atom. The first-order chi connectivity index (χ1) is 9.29. The fourth-order valence-corrected chi connectivity index (χ4v) is 4.31. The van der Waals surface area contributed by atoms with Crippen molar-refractivity contribution in [1.82, 2.24) is 0 Å². The molecule has 3 rings (SSSR count). The quantitative estimate of drug-likeness (QED) is 0.675. The average Bonchev–Trinajstić information content (AvgIpc) is 2.46. The number of fused-ring (bicyclic) bond motifs is 1. The molecule has 1 aliphatic heterocycles. The number of hydrogen-bond acceptors (Lipinski definition) is 1. The topological polar surface area (TPSA) is 3.24 Å². The molecule has 1 nitrogen and oxygen atoms in total. The summed E-state index contributed by atoms with van der Waals surface area (Å²) in [6, 6.07) is 7.12. The first-order valence-electron chi connectivity index (χ1n) is 7.40. The van der Waals surface area contributed by atoms with E-state index in [0.717, 1.165) is 22.5 Å². The largest absolute Gasteiger partial charge is 0.368 e. The van der Waals surface area contributed by atoms with Crippen LogP contribution in [0.3, 0.4) is 0 Å². The van der Waals surface area contributed by atoms with Crippen molar-refractivity contribution in [3.63, 3.8) is 0 Å². The van der Waals surface area contributed by atoms with Gasteiger partial charge in [-0.2, -0.15) is 0 Å². The van der Waals surface area contributed by atoms with Crippen molar-refractivity contribution in [2.75, 3.05) is 11.4 Å². The van der Waals surface area contributed by atoms with Crippen LogP contribution in [0.15, 0.2) is 18.2 Å². The number of piperidine rings is 1.